The molecule has 3 aromatic rings. The predicted octanol–water partition coefficient (Wildman–Crippen LogP) is 3.50. The van der Waals surface area contributed by atoms with Crippen LogP contribution in [0.5, 0.6) is 0 Å². The lowest BCUT2D eigenvalue weighted by molar-refractivity contribution is 0.102. The Kier molecular flexibility index (Phi) is 4.99. The van der Waals surface area contributed by atoms with Crippen molar-refractivity contribution in [3.05, 3.63) is 71.3 Å². The molecule has 0 fully saturated rings. The Morgan fingerprint density at radius 3 is 2.38 bits per heavy atom. The average molecular weight is 393 g/mol. The molecule has 3 amide bonds. The van der Waals surface area contributed by atoms with Crippen molar-refractivity contribution in [1.29, 1.82) is 0 Å². The average Bonchev–Trinajstić information content (AvgIpc) is 3.33. The largest absolute Gasteiger partial charge is 0.341 e. The van der Waals surface area contributed by atoms with Gasteiger partial charge >= 0.3 is 6.03 Å². The van der Waals surface area contributed by atoms with E-state index in [1.165, 1.54) is 13.1 Å². The summed E-state index contributed by atoms with van der Waals surface area (Å²) in [7, 11) is 1.53. The Morgan fingerprint density at radius 1 is 1.00 bits per heavy atom. The van der Waals surface area contributed by atoms with Crippen molar-refractivity contribution in [2.75, 3.05) is 17.7 Å². The van der Waals surface area contributed by atoms with Crippen molar-refractivity contribution < 1.29 is 14.0 Å². The number of rotatable bonds is 4. The lowest BCUT2D eigenvalue weighted by atomic mass is 10.2. The highest BCUT2D eigenvalue weighted by molar-refractivity contribution is 6.04. The molecule has 1 aliphatic rings. The van der Waals surface area contributed by atoms with Crippen molar-refractivity contribution in [2.45, 2.75) is 19.3 Å². The number of hydrogen-bond acceptors (Lipinski definition) is 3. The quantitative estimate of drug-likeness (QED) is 0.634. The van der Waals surface area contributed by atoms with Gasteiger partial charge in [0.05, 0.1) is 0 Å². The third-order valence-corrected chi connectivity index (χ3v) is 4.85. The van der Waals surface area contributed by atoms with E-state index in [2.05, 4.69) is 21.0 Å². The van der Waals surface area contributed by atoms with Gasteiger partial charge in [0.2, 0.25) is 0 Å². The summed E-state index contributed by atoms with van der Waals surface area (Å²) in [6.45, 7) is 0. The first kappa shape index (κ1) is 18.7. The maximum atomic E-state index is 14.3. The zero-order valence-corrected chi connectivity index (χ0v) is 15.8. The lowest BCUT2D eigenvalue weighted by Crippen LogP contribution is -2.24. The molecule has 0 unspecified atom stereocenters. The van der Waals surface area contributed by atoms with E-state index >= 15 is 0 Å². The van der Waals surface area contributed by atoms with Gasteiger partial charge in [-0.1, -0.05) is 12.1 Å². The summed E-state index contributed by atoms with van der Waals surface area (Å²) in [5, 5.41) is 12.4. The van der Waals surface area contributed by atoms with E-state index in [1.54, 1.807) is 47.1 Å². The van der Waals surface area contributed by atoms with Crippen LogP contribution in [0.15, 0.2) is 48.5 Å². The highest BCUT2D eigenvalue weighted by atomic mass is 19.1. The number of amides is 3. The third-order valence-electron chi connectivity index (χ3n) is 4.85. The molecule has 1 aliphatic carbocycles. The number of nitrogens with zero attached hydrogens (tertiary/aromatic N) is 2. The maximum Gasteiger partial charge on any atom is 0.318 e. The molecular weight excluding hydrogens is 373 g/mol. The van der Waals surface area contributed by atoms with Gasteiger partial charge in [-0.05, 0) is 55.7 Å². The fourth-order valence-corrected chi connectivity index (χ4v) is 3.46. The topological polar surface area (TPSA) is 88.1 Å². The van der Waals surface area contributed by atoms with Crippen LogP contribution >= 0.6 is 0 Å². The molecule has 4 rings (SSSR count). The number of urea groups is 1. The molecule has 1 aromatic heterocycles. The molecule has 0 saturated carbocycles. The normalized spacial score (nSPS) is 12.3. The SMILES string of the molecule is CNC(=O)Nc1ccc(NC(=O)c2nn(-c3ccccc3F)c3c2CCC3)cc1. The number of halogens is 1. The number of carbonyl (C=O) groups is 2. The molecule has 0 bridgehead atoms. The van der Waals surface area contributed by atoms with Gasteiger partial charge in [-0.3, -0.25) is 4.79 Å². The molecule has 0 saturated heterocycles. The molecule has 0 aliphatic heterocycles. The van der Waals surface area contributed by atoms with Crippen LogP contribution in [-0.4, -0.2) is 28.8 Å². The van der Waals surface area contributed by atoms with Crippen LogP contribution in [0, 0.1) is 5.82 Å². The van der Waals surface area contributed by atoms with E-state index < -0.39 is 0 Å². The molecule has 7 nitrogen and oxygen atoms in total. The first-order valence-electron chi connectivity index (χ1n) is 9.32. The highest BCUT2D eigenvalue weighted by Crippen LogP contribution is 2.29. The van der Waals surface area contributed by atoms with Gasteiger partial charge in [0, 0.05) is 29.7 Å². The molecule has 1 heterocycles. The van der Waals surface area contributed by atoms with E-state index in [4.69, 9.17) is 0 Å². The van der Waals surface area contributed by atoms with Crippen LogP contribution in [-0.2, 0) is 12.8 Å². The van der Waals surface area contributed by atoms with E-state index in [1.807, 2.05) is 0 Å². The van der Waals surface area contributed by atoms with Crippen LogP contribution in [0.2, 0.25) is 0 Å². The van der Waals surface area contributed by atoms with E-state index in [0.717, 1.165) is 30.5 Å². The van der Waals surface area contributed by atoms with Gasteiger partial charge in [-0.2, -0.15) is 5.10 Å². The Bertz CT molecular complexity index is 1080. The van der Waals surface area contributed by atoms with Crippen molar-refractivity contribution in [1.82, 2.24) is 15.1 Å². The minimum Gasteiger partial charge on any atom is -0.341 e. The Balaban J connectivity index is 1.58. The summed E-state index contributed by atoms with van der Waals surface area (Å²) in [5.41, 5.74) is 3.58. The van der Waals surface area contributed by atoms with E-state index in [-0.39, 0.29) is 17.8 Å². The Morgan fingerprint density at radius 2 is 1.69 bits per heavy atom. The van der Waals surface area contributed by atoms with Crippen molar-refractivity contribution in [2.24, 2.45) is 0 Å². The van der Waals surface area contributed by atoms with Crippen LogP contribution in [0.3, 0.4) is 0 Å². The summed E-state index contributed by atoms with van der Waals surface area (Å²) in [4.78, 5) is 24.2. The lowest BCUT2D eigenvalue weighted by Gasteiger charge is -2.08. The molecule has 0 spiro atoms. The summed E-state index contributed by atoms with van der Waals surface area (Å²) < 4.78 is 15.8. The third kappa shape index (κ3) is 3.69. The number of hydrogen-bond donors (Lipinski definition) is 3. The molecular formula is C21H20FN5O2. The molecule has 8 heteroatoms. The van der Waals surface area contributed by atoms with Crippen molar-refractivity contribution in [3.8, 4) is 5.69 Å². The number of aromatic nitrogens is 2. The Labute approximate surface area is 166 Å². The van der Waals surface area contributed by atoms with Crippen LogP contribution in [0.1, 0.15) is 28.2 Å². The van der Waals surface area contributed by atoms with Crippen LogP contribution < -0.4 is 16.0 Å². The second kappa shape index (κ2) is 7.75. The molecule has 3 N–H and O–H groups in total. The van der Waals surface area contributed by atoms with Crippen molar-refractivity contribution >= 4 is 23.3 Å². The first-order chi connectivity index (χ1) is 14.1. The summed E-state index contributed by atoms with van der Waals surface area (Å²) in [5.74, 6) is -0.721. The van der Waals surface area contributed by atoms with Gasteiger partial charge in [0.25, 0.3) is 5.91 Å². The predicted molar refractivity (Wildman–Crippen MR) is 108 cm³/mol. The number of benzene rings is 2. The smallest absolute Gasteiger partial charge is 0.318 e. The highest BCUT2D eigenvalue weighted by Gasteiger charge is 2.27. The molecule has 2 aromatic carbocycles. The fraction of sp³-hybridized carbons (Fsp3) is 0.190. The number of fused-ring (bicyclic) bond motifs is 1. The second-order valence-electron chi connectivity index (χ2n) is 6.73. The second-order valence-corrected chi connectivity index (χ2v) is 6.73. The maximum absolute atomic E-state index is 14.3. The van der Waals surface area contributed by atoms with Crippen LogP contribution in [0.4, 0.5) is 20.6 Å². The summed E-state index contributed by atoms with van der Waals surface area (Å²) >= 11 is 0. The zero-order valence-electron chi connectivity index (χ0n) is 15.8. The molecule has 0 radical (unpaired) electrons. The standard InChI is InChI=1S/C21H20FN5O2/c1-23-21(29)25-14-11-9-13(10-12-14)24-20(28)19-15-5-4-8-17(15)27(26-19)18-7-3-2-6-16(18)22/h2-3,6-7,9-12H,4-5,8H2,1H3,(H,24,28)(H2,23,25,29). The first-order valence-corrected chi connectivity index (χ1v) is 9.32. The minimum absolute atomic E-state index is 0.313. The number of nitrogens with one attached hydrogen (secondary N) is 3. The number of carbonyl (C=O) groups excluding carboxylic acids is 2. The van der Waals surface area contributed by atoms with Crippen molar-refractivity contribution in [3.63, 3.8) is 0 Å². The van der Waals surface area contributed by atoms with Gasteiger partial charge in [0.1, 0.15) is 11.5 Å². The molecule has 29 heavy (non-hydrogen) atoms. The van der Waals surface area contributed by atoms with Gasteiger partial charge in [-0.25, -0.2) is 13.9 Å². The van der Waals surface area contributed by atoms with E-state index in [9.17, 15) is 14.0 Å². The molecule has 0 atom stereocenters. The fourth-order valence-electron chi connectivity index (χ4n) is 3.46. The number of anilines is 2. The van der Waals surface area contributed by atoms with Gasteiger partial charge in [-0.15, -0.1) is 0 Å². The van der Waals surface area contributed by atoms with E-state index in [0.29, 0.717) is 22.8 Å². The Hall–Kier alpha value is -3.68. The summed E-state index contributed by atoms with van der Waals surface area (Å²) in [6, 6.07) is 12.8. The minimum atomic E-state index is -0.379. The zero-order chi connectivity index (χ0) is 20.4. The molecule has 148 valence electrons. The van der Waals surface area contributed by atoms with Gasteiger partial charge < -0.3 is 16.0 Å². The van der Waals surface area contributed by atoms with Gasteiger partial charge in [0.15, 0.2) is 5.69 Å². The van der Waals surface area contributed by atoms with Crippen LogP contribution in [0.25, 0.3) is 5.69 Å². The number of para-hydroxylation sites is 1. The monoisotopic (exact) mass is 393 g/mol. The summed E-state index contributed by atoms with van der Waals surface area (Å²) in [6.07, 6.45) is 2.40.